The Labute approximate surface area is 97.6 Å². The quantitative estimate of drug-likeness (QED) is 0.691. The van der Waals surface area contributed by atoms with Crippen molar-refractivity contribution in [2.75, 3.05) is 27.2 Å². The predicted octanol–water partition coefficient (Wildman–Crippen LogP) is 1.03. The minimum Gasteiger partial charge on any atom is -0.469 e. The molecule has 0 saturated heterocycles. The van der Waals surface area contributed by atoms with E-state index in [2.05, 4.69) is 9.64 Å². The maximum atomic E-state index is 10.9. The number of hydrogen-bond donors (Lipinski definition) is 1. The third-order valence-electron chi connectivity index (χ3n) is 3.20. The molecule has 0 radical (unpaired) electrons. The third-order valence-corrected chi connectivity index (χ3v) is 3.20. The van der Waals surface area contributed by atoms with Crippen LogP contribution in [0.4, 0.5) is 0 Å². The van der Waals surface area contributed by atoms with Gasteiger partial charge >= 0.3 is 5.97 Å². The smallest absolute Gasteiger partial charge is 0.308 e. The summed E-state index contributed by atoms with van der Waals surface area (Å²) in [4.78, 5) is 13.1. The molecule has 4 nitrogen and oxygen atoms in total. The van der Waals surface area contributed by atoms with Crippen molar-refractivity contribution in [3.8, 4) is 0 Å². The highest BCUT2D eigenvalue weighted by atomic mass is 16.5. The van der Waals surface area contributed by atoms with Crippen molar-refractivity contribution >= 4 is 5.97 Å². The summed E-state index contributed by atoms with van der Waals surface area (Å²) in [5.74, 6) is 0.428. The molecular formula is C12H23NO3. The van der Waals surface area contributed by atoms with Gasteiger partial charge < -0.3 is 14.7 Å². The summed E-state index contributed by atoms with van der Waals surface area (Å²) in [5, 5.41) is 9.65. The van der Waals surface area contributed by atoms with Crippen molar-refractivity contribution in [3.05, 3.63) is 0 Å². The monoisotopic (exact) mass is 229 g/mol. The van der Waals surface area contributed by atoms with Gasteiger partial charge in [-0.3, -0.25) is 4.79 Å². The molecule has 0 aromatic carbocycles. The van der Waals surface area contributed by atoms with Crippen molar-refractivity contribution in [3.63, 3.8) is 0 Å². The number of aliphatic hydroxyl groups is 1. The first-order chi connectivity index (χ1) is 7.61. The molecule has 0 aliphatic heterocycles. The average molecular weight is 229 g/mol. The van der Waals surface area contributed by atoms with Crippen LogP contribution < -0.4 is 0 Å². The number of esters is 1. The highest BCUT2D eigenvalue weighted by molar-refractivity contribution is 5.69. The lowest BCUT2D eigenvalue weighted by molar-refractivity contribution is -0.143. The van der Waals surface area contributed by atoms with Gasteiger partial charge in [0, 0.05) is 13.1 Å². The maximum Gasteiger partial charge on any atom is 0.308 e. The van der Waals surface area contributed by atoms with E-state index >= 15 is 0 Å². The highest BCUT2D eigenvalue weighted by Gasteiger charge is 2.19. The molecule has 0 aromatic heterocycles. The molecule has 0 heterocycles. The molecule has 1 unspecified atom stereocenters. The number of nitrogens with zero attached hydrogens (tertiary/aromatic N) is 1. The molecule has 1 saturated carbocycles. The van der Waals surface area contributed by atoms with E-state index in [1.54, 1.807) is 0 Å². The Hall–Kier alpha value is -0.610. The van der Waals surface area contributed by atoms with Gasteiger partial charge in [0.25, 0.3) is 0 Å². The second kappa shape index (κ2) is 6.86. The van der Waals surface area contributed by atoms with Crippen LogP contribution in [0.3, 0.4) is 0 Å². The Kier molecular flexibility index (Phi) is 5.77. The average Bonchev–Trinajstić information content (AvgIpc) is 2.69. The van der Waals surface area contributed by atoms with Gasteiger partial charge in [0.2, 0.25) is 0 Å². The standard InChI is InChI=1S/C12H23NO3/c1-13(8-10-5-3-4-6-10)9-11(14)7-12(15)16-2/h10-11,14H,3-9H2,1-2H3. The number of likely N-dealkylation sites (N-methyl/N-ethyl adjacent to an activating group) is 1. The normalized spacial score (nSPS) is 19.0. The summed E-state index contributed by atoms with van der Waals surface area (Å²) < 4.78 is 4.52. The van der Waals surface area contributed by atoms with E-state index in [4.69, 9.17) is 0 Å². The van der Waals surface area contributed by atoms with Crippen LogP contribution in [0.15, 0.2) is 0 Å². The van der Waals surface area contributed by atoms with Gasteiger partial charge in [-0.1, -0.05) is 12.8 Å². The van der Waals surface area contributed by atoms with Gasteiger partial charge in [-0.2, -0.15) is 0 Å². The zero-order valence-electron chi connectivity index (χ0n) is 10.3. The summed E-state index contributed by atoms with van der Waals surface area (Å²) in [6, 6.07) is 0. The molecule has 0 amide bonds. The van der Waals surface area contributed by atoms with Gasteiger partial charge in [-0.25, -0.2) is 0 Å². The van der Waals surface area contributed by atoms with Crippen molar-refractivity contribution in [2.24, 2.45) is 5.92 Å². The number of methoxy groups -OCH3 is 1. The molecule has 16 heavy (non-hydrogen) atoms. The van der Waals surface area contributed by atoms with E-state index < -0.39 is 6.10 Å². The fourth-order valence-corrected chi connectivity index (χ4v) is 2.41. The lowest BCUT2D eigenvalue weighted by Gasteiger charge is -2.23. The topological polar surface area (TPSA) is 49.8 Å². The largest absolute Gasteiger partial charge is 0.469 e. The van der Waals surface area contributed by atoms with Gasteiger partial charge in [-0.05, 0) is 25.8 Å². The van der Waals surface area contributed by atoms with E-state index in [0.29, 0.717) is 6.54 Å². The van der Waals surface area contributed by atoms with Gasteiger partial charge in [0.05, 0.1) is 19.6 Å². The molecule has 0 spiro atoms. The molecule has 1 aliphatic rings. The lowest BCUT2D eigenvalue weighted by atomic mass is 10.1. The van der Waals surface area contributed by atoms with E-state index in [9.17, 15) is 9.90 Å². The van der Waals surface area contributed by atoms with Crippen LogP contribution >= 0.6 is 0 Å². The molecule has 1 rings (SSSR count). The minimum atomic E-state index is -0.612. The molecule has 0 bridgehead atoms. The van der Waals surface area contributed by atoms with Crippen LogP contribution in [0.5, 0.6) is 0 Å². The Morgan fingerprint density at radius 1 is 1.50 bits per heavy atom. The summed E-state index contributed by atoms with van der Waals surface area (Å²) in [5.41, 5.74) is 0. The van der Waals surface area contributed by atoms with E-state index in [1.165, 1.54) is 32.8 Å². The number of carbonyl (C=O) groups is 1. The molecule has 1 atom stereocenters. The van der Waals surface area contributed by atoms with Crippen molar-refractivity contribution in [1.29, 1.82) is 0 Å². The molecule has 94 valence electrons. The van der Waals surface area contributed by atoms with Gasteiger partial charge in [0.1, 0.15) is 0 Å². The first-order valence-corrected chi connectivity index (χ1v) is 6.05. The van der Waals surface area contributed by atoms with Crippen LogP contribution in [0.1, 0.15) is 32.1 Å². The summed E-state index contributed by atoms with van der Waals surface area (Å²) in [7, 11) is 3.34. The number of ether oxygens (including phenoxy) is 1. The zero-order chi connectivity index (χ0) is 12.0. The van der Waals surface area contributed by atoms with Crippen LogP contribution in [-0.2, 0) is 9.53 Å². The van der Waals surface area contributed by atoms with Crippen molar-refractivity contribution < 1.29 is 14.6 Å². The number of aliphatic hydroxyl groups excluding tert-OH is 1. The molecule has 1 fully saturated rings. The lowest BCUT2D eigenvalue weighted by Crippen LogP contribution is -2.33. The second-order valence-corrected chi connectivity index (χ2v) is 4.81. The van der Waals surface area contributed by atoms with Crippen molar-refractivity contribution in [2.45, 2.75) is 38.2 Å². The number of hydrogen-bond acceptors (Lipinski definition) is 4. The van der Waals surface area contributed by atoms with Crippen LogP contribution in [0.25, 0.3) is 0 Å². The van der Waals surface area contributed by atoms with Gasteiger partial charge in [0.15, 0.2) is 0 Å². The van der Waals surface area contributed by atoms with Gasteiger partial charge in [-0.15, -0.1) is 0 Å². The third kappa shape index (κ3) is 4.94. The van der Waals surface area contributed by atoms with Crippen molar-refractivity contribution in [1.82, 2.24) is 4.90 Å². The fraction of sp³-hybridized carbons (Fsp3) is 0.917. The van der Waals surface area contributed by atoms with Crippen LogP contribution in [0, 0.1) is 5.92 Å². The van der Waals surface area contributed by atoms with E-state index in [-0.39, 0.29) is 12.4 Å². The first kappa shape index (κ1) is 13.5. The Morgan fingerprint density at radius 3 is 2.69 bits per heavy atom. The summed E-state index contributed by atoms with van der Waals surface area (Å²) in [6.07, 6.45) is 4.76. The minimum absolute atomic E-state index is 0.0888. The predicted molar refractivity (Wildman–Crippen MR) is 62.1 cm³/mol. The van der Waals surface area contributed by atoms with E-state index in [0.717, 1.165) is 12.5 Å². The summed E-state index contributed by atoms with van der Waals surface area (Å²) in [6.45, 7) is 1.57. The van der Waals surface area contributed by atoms with E-state index in [1.807, 2.05) is 7.05 Å². The Bertz CT molecular complexity index is 214. The molecular weight excluding hydrogens is 206 g/mol. The number of carbonyl (C=O) groups excluding carboxylic acids is 1. The first-order valence-electron chi connectivity index (χ1n) is 6.05. The Balaban J connectivity index is 2.16. The SMILES string of the molecule is COC(=O)CC(O)CN(C)CC1CCCC1. The summed E-state index contributed by atoms with van der Waals surface area (Å²) >= 11 is 0. The molecule has 0 aromatic rings. The molecule has 1 N–H and O–H groups in total. The highest BCUT2D eigenvalue weighted by Crippen LogP contribution is 2.25. The Morgan fingerprint density at radius 2 is 2.12 bits per heavy atom. The second-order valence-electron chi connectivity index (χ2n) is 4.81. The zero-order valence-corrected chi connectivity index (χ0v) is 10.3. The van der Waals surface area contributed by atoms with Crippen LogP contribution in [-0.4, -0.2) is 49.3 Å². The maximum absolute atomic E-state index is 10.9. The van der Waals surface area contributed by atoms with Crippen LogP contribution in [0.2, 0.25) is 0 Å². The molecule has 4 heteroatoms. The fourth-order valence-electron chi connectivity index (χ4n) is 2.41. The molecule has 1 aliphatic carbocycles. The number of rotatable bonds is 6.